The molecule has 2 aromatic carbocycles. The van der Waals surface area contributed by atoms with Crippen molar-refractivity contribution < 1.29 is 4.79 Å². The van der Waals surface area contributed by atoms with Crippen molar-refractivity contribution in [2.24, 2.45) is 0 Å². The van der Waals surface area contributed by atoms with Crippen molar-refractivity contribution in [2.75, 3.05) is 5.32 Å². The van der Waals surface area contributed by atoms with E-state index in [1.165, 1.54) is 17.3 Å². The number of carbonyl (C=O) groups is 1. The minimum absolute atomic E-state index is 0.0513. The van der Waals surface area contributed by atoms with Crippen molar-refractivity contribution in [1.29, 1.82) is 0 Å². The third kappa shape index (κ3) is 2.48. The Morgan fingerprint density at radius 1 is 1.09 bits per heavy atom. The molecule has 1 aliphatic heterocycles. The SMILES string of the molecule is O=C1Nc2ccccc2CC[C@H]1Sc1nc2ccccc2[nH]1. The van der Waals surface area contributed by atoms with Crippen LogP contribution in [0.3, 0.4) is 0 Å². The second-order valence-electron chi connectivity index (χ2n) is 5.35. The number of amides is 1. The lowest BCUT2D eigenvalue weighted by Crippen LogP contribution is -2.23. The van der Waals surface area contributed by atoms with Gasteiger partial charge in [0.1, 0.15) is 0 Å². The van der Waals surface area contributed by atoms with Gasteiger partial charge in [0.15, 0.2) is 5.16 Å². The van der Waals surface area contributed by atoms with Gasteiger partial charge in [-0.3, -0.25) is 4.79 Å². The number of aryl methyl sites for hydroxylation is 1. The molecule has 2 N–H and O–H groups in total. The normalized spacial score (nSPS) is 17.8. The van der Waals surface area contributed by atoms with Gasteiger partial charge < -0.3 is 10.3 Å². The molecule has 0 saturated carbocycles. The largest absolute Gasteiger partial charge is 0.333 e. The quantitative estimate of drug-likeness (QED) is 0.760. The highest BCUT2D eigenvalue weighted by molar-refractivity contribution is 8.00. The number of thioether (sulfide) groups is 1. The number of fused-ring (bicyclic) bond motifs is 2. The van der Waals surface area contributed by atoms with Crippen molar-refractivity contribution in [3.8, 4) is 0 Å². The molecule has 0 fully saturated rings. The molecular formula is C17H15N3OS. The molecule has 2 heterocycles. The van der Waals surface area contributed by atoms with Crippen LogP contribution in [-0.2, 0) is 11.2 Å². The van der Waals surface area contributed by atoms with Gasteiger partial charge in [-0.15, -0.1) is 0 Å². The first kappa shape index (κ1) is 13.4. The van der Waals surface area contributed by atoms with Crippen LogP contribution in [0, 0.1) is 0 Å². The third-order valence-electron chi connectivity index (χ3n) is 3.87. The summed E-state index contributed by atoms with van der Waals surface area (Å²) in [4.78, 5) is 20.2. The van der Waals surface area contributed by atoms with Gasteiger partial charge in [0.2, 0.25) is 5.91 Å². The van der Waals surface area contributed by atoms with Crippen LogP contribution < -0.4 is 5.32 Å². The molecule has 5 heteroatoms. The summed E-state index contributed by atoms with van der Waals surface area (Å²) < 4.78 is 0. The lowest BCUT2D eigenvalue weighted by atomic mass is 10.1. The highest BCUT2D eigenvalue weighted by Gasteiger charge is 2.25. The van der Waals surface area contributed by atoms with Crippen molar-refractivity contribution in [1.82, 2.24) is 9.97 Å². The van der Waals surface area contributed by atoms with Crippen molar-refractivity contribution in [3.63, 3.8) is 0 Å². The Morgan fingerprint density at radius 2 is 1.91 bits per heavy atom. The van der Waals surface area contributed by atoms with Crippen LogP contribution in [0.5, 0.6) is 0 Å². The Balaban J connectivity index is 1.57. The number of H-pyrrole nitrogens is 1. The Bertz CT molecular complexity index is 810. The van der Waals surface area contributed by atoms with E-state index in [4.69, 9.17) is 0 Å². The maximum atomic E-state index is 12.4. The fourth-order valence-corrected chi connectivity index (χ4v) is 3.71. The summed E-state index contributed by atoms with van der Waals surface area (Å²) in [6.07, 6.45) is 1.71. The molecule has 0 aliphatic carbocycles. The Labute approximate surface area is 132 Å². The molecule has 3 aromatic rings. The van der Waals surface area contributed by atoms with Crippen molar-refractivity contribution in [3.05, 3.63) is 54.1 Å². The van der Waals surface area contributed by atoms with E-state index >= 15 is 0 Å². The van der Waals surface area contributed by atoms with E-state index in [1.807, 2.05) is 42.5 Å². The number of nitrogens with one attached hydrogen (secondary N) is 2. The molecule has 1 atom stereocenters. The zero-order valence-corrected chi connectivity index (χ0v) is 12.7. The lowest BCUT2D eigenvalue weighted by molar-refractivity contribution is -0.115. The number of aromatic nitrogens is 2. The van der Waals surface area contributed by atoms with Gasteiger partial charge >= 0.3 is 0 Å². The summed E-state index contributed by atoms with van der Waals surface area (Å²) >= 11 is 1.50. The molecule has 4 rings (SSSR count). The number of imidazole rings is 1. The van der Waals surface area contributed by atoms with Crippen molar-refractivity contribution >= 4 is 34.4 Å². The van der Waals surface area contributed by atoms with E-state index in [1.54, 1.807) is 0 Å². The van der Waals surface area contributed by atoms with Crippen LogP contribution in [0.15, 0.2) is 53.7 Å². The maximum absolute atomic E-state index is 12.4. The lowest BCUT2D eigenvalue weighted by Gasteiger charge is -2.10. The van der Waals surface area contributed by atoms with Crippen LogP contribution in [0.4, 0.5) is 5.69 Å². The Morgan fingerprint density at radius 3 is 2.82 bits per heavy atom. The minimum Gasteiger partial charge on any atom is -0.333 e. The van der Waals surface area contributed by atoms with E-state index in [2.05, 4.69) is 21.4 Å². The summed E-state index contributed by atoms with van der Waals surface area (Å²) in [6, 6.07) is 15.9. The molecule has 0 spiro atoms. The third-order valence-corrected chi connectivity index (χ3v) is 5.02. The maximum Gasteiger partial charge on any atom is 0.237 e. The van der Waals surface area contributed by atoms with Gasteiger partial charge in [-0.25, -0.2) is 4.98 Å². The Hall–Kier alpha value is -2.27. The molecule has 22 heavy (non-hydrogen) atoms. The molecule has 0 saturated heterocycles. The summed E-state index contributed by atoms with van der Waals surface area (Å²) in [6.45, 7) is 0. The van der Waals surface area contributed by atoms with Crippen LogP contribution in [-0.4, -0.2) is 21.1 Å². The zero-order chi connectivity index (χ0) is 14.9. The number of para-hydroxylation sites is 3. The number of benzene rings is 2. The summed E-state index contributed by atoms with van der Waals surface area (Å²) in [5.41, 5.74) is 4.06. The van der Waals surface area contributed by atoms with Crippen LogP contribution >= 0.6 is 11.8 Å². The highest BCUT2D eigenvalue weighted by atomic mass is 32.2. The molecule has 4 nitrogen and oxygen atoms in total. The first-order valence-corrected chi connectivity index (χ1v) is 8.18. The smallest absolute Gasteiger partial charge is 0.237 e. The van der Waals surface area contributed by atoms with Gasteiger partial charge in [0.05, 0.1) is 16.3 Å². The van der Waals surface area contributed by atoms with Gasteiger partial charge in [-0.05, 0) is 36.6 Å². The zero-order valence-electron chi connectivity index (χ0n) is 11.9. The van der Waals surface area contributed by atoms with Gasteiger partial charge in [-0.1, -0.05) is 42.1 Å². The first-order valence-electron chi connectivity index (χ1n) is 7.30. The van der Waals surface area contributed by atoms with Gasteiger partial charge in [0, 0.05) is 5.69 Å². The molecule has 1 aliphatic rings. The number of carbonyl (C=O) groups excluding carboxylic acids is 1. The molecule has 1 aromatic heterocycles. The fraction of sp³-hybridized carbons (Fsp3) is 0.176. The average Bonchev–Trinajstić information content (AvgIpc) is 2.87. The molecule has 1 amide bonds. The molecule has 0 radical (unpaired) electrons. The molecule has 0 bridgehead atoms. The second kappa shape index (κ2) is 5.50. The minimum atomic E-state index is -0.132. The van der Waals surface area contributed by atoms with Crippen LogP contribution in [0.25, 0.3) is 11.0 Å². The van der Waals surface area contributed by atoms with E-state index in [0.717, 1.165) is 34.7 Å². The van der Waals surface area contributed by atoms with Crippen LogP contribution in [0.1, 0.15) is 12.0 Å². The molecule has 0 unspecified atom stereocenters. The molecular weight excluding hydrogens is 294 g/mol. The number of hydrogen-bond donors (Lipinski definition) is 2. The number of rotatable bonds is 2. The Kier molecular flexibility index (Phi) is 3.35. The predicted molar refractivity (Wildman–Crippen MR) is 89.1 cm³/mol. The van der Waals surface area contributed by atoms with Gasteiger partial charge in [0.25, 0.3) is 0 Å². The number of hydrogen-bond acceptors (Lipinski definition) is 3. The highest BCUT2D eigenvalue weighted by Crippen LogP contribution is 2.31. The standard InChI is InChI=1S/C17H15N3OS/c21-16-15(10-9-11-5-1-2-6-12(11)18-16)22-17-19-13-7-3-4-8-14(13)20-17/h1-8,15H,9-10H2,(H,18,21)(H,19,20)/t15-/m1/s1. The summed E-state index contributed by atoms with van der Waals surface area (Å²) in [7, 11) is 0. The van der Waals surface area contributed by atoms with E-state index in [-0.39, 0.29) is 11.2 Å². The van der Waals surface area contributed by atoms with Gasteiger partial charge in [-0.2, -0.15) is 0 Å². The summed E-state index contributed by atoms with van der Waals surface area (Å²) in [5, 5.41) is 3.69. The topological polar surface area (TPSA) is 57.8 Å². The number of anilines is 1. The summed E-state index contributed by atoms with van der Waals surface area (Å²) in [5.74, 6) is 0.0513. The molecule has 110 valence electrons. The van der Waals surface area contributed by atoms with Crippen molar-refractivity contribution in [2.45, 2.75) is 23.2 Å². The van der Waals surface area contributed by atoms with E-state index in [9.17, 15) is 4.79 Å². The predicted octanol–water partition coefficient (Wildman–Crippen LogP) is 3.61. The average molecular weight is 309 g/mol. The van der Waals surface area contributed by atoms with Crippen LogP contribution in [0.2, 0.25) is 0 Å². The monoisotopic (exact) mass is 309 g/mol. The number of aromatic amines is 1. The fourth-order valence-electron chi connectivity index (χ4n) is 2.72. The first-order chi connectivity index (χ1) is 10.8. The van der Waals surface area contributed by atoms with E-state index < -0.39 is 0 Å². The van der Waals surface area contributed by atoms with E-state index in [0.29, 0.717) is 0 Å². The second-order valence-corrected chi connectivity index (χ2v) is 6.54. The number of nitrogens with zero attached hydrogens (tertiary/aromatic N) is 1.